The summed E-state index contributed by atoms with van der Waals surface area (Å²) in [5, 5.41) is 7.58. The Bertz CT molecular complexity index is 1100. The normalized spacial score (nSPS) is 11.7. The molecule has 4 rings (SSSR count). The van der Waals surface area contributed by atoms with Crippen molar-refractivity contribution in [3.63, 3.8) is 0 Å². The monoisotopic (exact) mass is 371 g/mol. The summed E-state index contributed by atoms with van der Waals surface area (Å²) in [6, 6.07) is 5.52. The molecule has 4 aromatic heterocycles. The van der Waals surface area contributed by atoms with Crippen molar-refractivity contribution in [3.8, 4) is 11.3 Å². The predicted molar refractivity (Wildman–Crippen MR) is 99.0 cm³/mol. The van der Waals surface area contributed by atoms with Crippen LogP contribution in [0.25, 0.3) is 27.9 Å². The third-order valence-corrected chi connectivity index (χ3v) is 4.33. The van der Waals surface area contributed by atoms with Gasteiger partial charge in [0.2, 0.25) is 5.95 Å². The Balaban J connectivity index is 1.77. The van der Waals surface area contributed by atoms with Crippen molar-refractivity contribution >= 4 is 22.6 Å². The molecule has 0 unspecified atom stereocenters. The number of imidazole rings is 1. The fraction of sp³-hybridized carbons (Fsp3) is 0.333. The Hall–Kier alpha value is -3.10. The number of nitrogens with zero attached hydrogens (tertiary/aromatic N) is 6. The maximum atomic E-state index is 12.9. The lowest BCUT2D eigenvalue weighted by Gasteiger charge is -2.06. The smallest absolute Gasteiger partial charge is 0.256 e. The molecule has 0 aromatic carbocycles. The Morgan fingerprint density at radius 2 is 2.04 bits per heavy atom. The molecule has 0 aliphatic rings. The van der Waals surface area contributed by atoms with E-state index in [4.69, 9.17) is 0 Å². The third kappa shape index (κ3) is 3.20. The first-order valence-electron chi connectivity index (χ1n) is 8.77. The van der Waals surface area contributed by atoms with Gasteiger partial charge in [-0.1, -0.05) is 6.92 Å². The maximum Gasteiger partial charge on any atom is 0.256 e. The van der Waals surface area contributed by atoms with E-state index >= 15 is 0 Å². The van der Waals surface area contributed by atoms with E-state index in [0.717, 1.165) is 24.0 Å². The van der Waals surface area contributed by atoms with E-state index in [2.05, 4.69) is 32.3 Å². The number of hydrogen-bond acceptors (Lipinski definition) is 5. The van der Waals surface area contributed by atoms with Gasteiger partial charge in [-0.3, -0.25) is 0 Å². The fourth-order valence-electron chi connectivity index (χ4n) is 3.06. The van der Waals surface area contributed by atoms with Crippen LogP contribution in [-0.4, -0.2) is 42.1 Å². The molecular formula is C18H19F2N7. The van der Waals surface area contributed by atoms with Crippen molar-refractivity contribution < 1.29 is 8.78 Å². The van der Waals surface area contributed by atoms with Crippen molar-refractivity contribution in [3.05, 3.63) is 36.4 Å². The van der Waals surface area contributed by atoms with E-state index in [-0.39, 0.29) is 0 Å². The zero-order chi connectivity index (χ0) is 19.0. The molecule has 9 heteroatoms. The lowest BCUT2D eigenvalue weighted by atomic mass is 10.2. The predicted octanol–water partition coefficient (Wildman–Crippen LogP) is 3.54. The summed E-state index contributed by atoms with van der Waals surface area (Å²) in [7, 11) is 0. The highest BCUT2D eigenvalue weighted by Crippen LogP contribution is 2.26. The summed E-state index contributed by atoms with van der Waals surface area (Å²) in [6.07, 6.45) is 2.07. The molecule has 4 aromatic rings. The minimum Gasteiger partial charge on any atom is -0.353 e. The van der Waals surface area contributed by atoms with E-state index in [1.165, 1.54) is 4.57 Å². The summed E-state index contributed by atoms with van der Waals surface area (Å²) in [5.74, 6) is 1.08. The van der Waals surface area contributed by atoms with Gasteiger partial charge in [0.05, 0.1) is 24.0 Å². The highest BCUT2D eigenvalue weighted by molar-refractivity contribution is 5.82. The summed E-state index contributed by atoms with van der Waals surface area (Å²) in [4.78, 5) is 13.3. The first-order chi connectivity index (χ1) is 13.1. The quantitative estimate of drug-likeness (QED) is 0.561. The van der Waals surface area contributed by atoms with Crippen LogP contribution in [0.4, 0.5) is 14.7 Å². The molecule has 0 radical (unpaired) electrons. The van der Waals surface area contributed by atoms with Crippen LogP contribution in [0.15, 0.2) is 30.6 Å². The largest absolute Gasteiger partial charge is 0.353 e. The van der Waals surface area contributed by atoms with Gasteiger partial charge in [-0.15, -0.1) is 5.10 Å². The van der Waals surface area contributed by atoms with Crippen LogP contribution < -0.4 is 5.32 Å². The van der Waals surface area contributed by atoms with Crippen molar-refractivity contribution in [1.82, 2.24) is 29.1 Å². The zero-order valence-corrected chi connectivity index (χ0v) is 15.0. The molecule has 7 nitrogen and oxygen atoms in total. The molecule has 4 heterocycles. The molecule has 0 aliphatic carbocycles. The van der Waals surface area contributed by atoms with Gasteiger partial charge in [-0.2, -0.15) is 0 Å². The molecule has 1 N–H and O–H groups in total. The first-order valence-corrected chi connectivity index (χ1v) is 8.77. The molecular weight excluding hydrogens is 352 g/mol. The minimum atomic E-state index is -2.47. The topological polar surface area (TPSA) is 72.9 Å². The molecule has 0 saturated heterocycles. The van der Waals surface area contributed by atoms with Crippen LogP contribution in [0.3, 0.4) is 0 Å². The van der Waals surface area contributed by atoms with Gasteiger partial charge < -0.3 is 9.88 Å². The number of halogens is 2. The van der Waals surface area contributed by atoms with Crippen molar-refractivity contribution in [1.29, 1.82) is 0 Å². The second-order valence-corrected chi connectivity index (χ2v) is 6.27. The van der Waals surface area contributed by atoms with Crippen LogP contribution in [0.5, 0.6) is 0 Å². The van der Waals surface area contributed by atoms with Gasteiger partial charge in [-0.05, 0) is 31.5 Å². The third-order valence-electron chi connectivity index (χ3n) is 4.33. The van der Waals surface area contributed by atoms with Crippen LogP contribution in [0.2, 0.25) is 0 Å². The van der Waals surface area contributed by atoms with Gasteiger partial charge in [-0.25, -0.2) is 28.2 Å². The van der Waals surface area contributed by atoms with Crippen molar-refractivity contribution in [2.75, 3.05) is 11.9 Å². The van der Waals surface area contributed by atoms with Gasteiger partial charge >= 0.3 is 0 Å². The first kappa shape index (κ1) is 17.3. The second-order valence-electron chi connectivity index (χ2n) is 6.27. The van der Waals surface area contributed by atoms with Gasteiger partial charge in [0.25, 0.3) is 6.43 Å². The lowest BCUT2D eigenvalue weighted by molar-refractivity contribution is 0.127. The highest BCUT2D eigenvalue weighted by atomic mass is 19.3. The van der Waals surface area contributed by atoms with Crippen LogP contribution in [-0.2, 0) is 6.54 Å². The number of pyridine rings is 1. The number of alkyl halides is 2. The molecule has 27 heavy (non-hydrogen) atoms. The zero-order valence-electron chi connectivity index (χ0n) is 15.0. The van der Waals surface area contributed by atoms with Gasteiger partial charge in [0.15, 0.2) is 5.65 Å². The van der Waals surface area contributed by atoms with Crippen molar-refractivity contribution in [2.24, 2.45) is 0 Å². The van der Waals surface area contributed by atoms with Crippen LogP contribution in [0, 0.1) is 6.92 Å². The van der Waals surface area contributed by atoms with Gasteiger partial charge in [0.1, 0.15) is 11.3 Å². The number of nitrogens with one attached hydrogen (secondary N) is 1. The number of aromatic nitrogens is 6. The average Bonchev–Trinajstić information content (AvgIpc) is 3.20. The maximum absolute atomic E-state index is 12.9. The number of rotatable bonds is 6. The number of hydrogen-bond donors (Lipinski definition) is 1. The molecule has 0 saturated carbocycles. The Kier molecular flexibility index (Phi) is 4.43. The van der Waals surface area contributed by atoms with E-state index in [9.17, 15) is 8.78 Å². The number of fused-ring (bicyclic) bond motifs is 2. The highest BCUT2D eigenvalue weighted by Gasteiger charge is 2.15. The summed E-state index contributed by atoms with van der Waals surface area (Å²) in [5.41, 5.74) is 3.34. The summed E-state index contributed by atoms with van der Waals surface area (Å²) < 4.78 is 29.0. The van der Waals surface area contributed by atoms with E-state index in [1.807, 2.05) is 18.3 Å². The van der Waals surface area contributed by atoms with E-state index < -0.39 is 13.0 Å². The molecule has 0 fully saturated rings. The lowest BCUT2D eigenvalue weighted by Crippen LogP contribution is -2.09. The van der Waals surface area contributed by atoms with Gasteiger partial charge in [0, 0.05) is 18.3 Å². The van der Waals surface area contributed by atoms with E-state index in [0.29, 0.717) is 28.6 Å². The fourth-order valence-corrected chi connectivity index (χ4v) is 3.06. The molecule has 0 aliphatic heterocycles. The summed E-state index contributed by atoms with van der Waals surface area (Å²) in [6.45, 7) is 4.15. The average molecular weight is 371 g/mol. The molecule has 0 spiro atoms. The summed E-state index contributed by atoms with van der Waals surface area (Å²) >= 11 is 0. The Morgan fingerprint density at radius 1 is 1.19 bits per heavy atom. The van der Waals surface area contributed by atoms with Crippen LogP contribution >= 0.6 is 0 Å². The molecule has 0 bridgehead atoms. The molecule has 0 atom stereocenters. The van der Waals surface area contributed by atoms with E-state index in [1.54, 1.807) is 23.7 Å². The van der Waals surface area contributed by atoms with Crippen molar-refractivity contribution in [2.45, 2.75) is 33.2 Å². The standard InChI is InChI=1S/C18H19F2N7/c1-3-7-21-18-22-9-15-12(6-8-27(15)25-18)13-4-5-14-17(24-13)26(10-16(19)20)11(2)23-14/h4-6,8-9,16H,3,7,10H2,1-2H3,(H,21,25). The Morgan fingerprint density at radius 3 is 2.81 bits per heavy atom. The SMILES string of the molecule is CCCNc1ncc2c(-c3ccc4nc(C)n(CC(F)F)c4n3)ccn2n1. The van der Waals surface area contributed by atoms with Crippen LogP contribution in [0.1, 0.15) is 19.2 Å². The molecule has 140 valence electrons. The number of aryl methyl sites for hydroxylation is 1. The Labute approximate surface area is 154 Å². The second kappa shape index (κ2) is 6.90. The minimum absolute atomic E-state index is 0.426. The molecule has 0 amide bonds. The number of anilines is 1.